The highest BCUT2D eigenvalue weighted by molar-refractivity contribution is 6.30. The number of rotatable bonds is 3. The van der Waals surface area contributed by atoms with E-state index in [4.69, 9.17) is 16.9 Å². The molecule has 0 spiro atoms. The number of hydrogen-bond acceptors (Lipinski definition) is 3. The maximum atomic E-state index is 12.7. The largest absolute Gasteiger partial charge is 0.495 e. The van der Waals surface area contributed by atoms with E-state index in [1.54, 1.807) is 0 Å². The van der Waals surface area contributed by atoms with E-state index >= 15 is 0 Å². The van der Waals surface area contributed by atoms with E-state index in [-0.39, 0.29) is 5.56 Å². The van der Waals surface area contributed by atoms with Crippen LogP contribution in [-0.4, -0.2) is 18.8 Å². The van der Waals surface area contributed by atoms with Gasteiger partial charge in [-0.15, -0.1) is 11.6 Å². The van der Waals surface area contributed by atoms with Crippen molar-refractivity contribution in [3.05, 3.63) is 28.8 Å². The van der Waals surface area contributed by atoms with Gasteiger partial charge in [-0.25, -0.2) is 0 Å². The molecule has 1 aromatic carbocycles. The number of ether oxygens (including phenoxy) is 1. The number of benzene rings is 1. The van der Waals surface area contributed by atoms with E-state index in [9.17, 15) is 18.0 Å². The molecule has 0 aromatic heterocycles. The Kier molecular flexibility index (Phi) is 4.19. The molecule has 96 valence electrons. The average Bonchev–Trinajstić information content (AvgIpc) is 2.34. The lowest BCUT2D eigenvalue weighted by Gasteiger charge is -2.14. The number of hydrogen-bond donors (Lipinski definition) is 0. The molecule has 1 aromatic rings. The van der Waals surface area contributed by atoms with Crippen LogP contribution in [-0.2, 0) is 6.18 Å². The standard InChI is InChI=1S/C11H7ClF3NO2/c1-18-10-7(5-16)6(9(17)4-12)2-3-8(10)11(13,14)15/h2-3H,4H2,1H3. The van der Waals surface area contributed by atoms with Crippen molar-refractivity contribution in [1.82, 2.24) is 0 Å². The van der Waals surface area contributed by atoms with Gasteiger partial charge in [0.2, 0.25) is 0 Å². The number of halogens is 4. The summed E-state index contributed by atoms with van der Waals surface area (Å²) in [7, 11) is 1.00. The molecule has 0 amide bonds. The summed E-state index contributed by atoms with van der Waals surface area (Å²) < 4.78 is 42.6. The summed E-state index contributed by atoms with van der Waals surface area (Å²) >= 11 is 5.32. The molecule has 0 heterocycles. The Balaban J connectivity index is 3.58. The third-order valence-electron chi connectivity index (χ3n) is 2.20. The maximum Gasteiger partial charge on any atom is 0.420 e. The Bertz CT molecular complexity index is 520. The lowest BCUT2D eigenvalue weighted by Crippen LogP contribution is -2.12. The molecule has 0 saturated heterocycles. The van der Waals surface area contributed by atoms with Gasteiger partial charge in [-0.3, -0.25) is 4.79 Å². The molecule has 0 bridgehead atoms. The van der Waals surface area contributed by atoms with Gasteiger partial charge in [-0.2, -0.15) is 18.4 Å². The molecule has 0 radical (unpaired) electrons. The SMILES string of the molecule is COc1c(C(F)(F)F)ccc(C(=O)CCl)c1C#N. The Hall–Kier alpha value is -1.74. The van der Waals surface area contributed by atoms with Gasteiger partial charge in [0.1, 0.15) is 17.4 Å². The highest BCUT2D eigenvalue weighted by Gasteiger charge is 2.36. The first-order valence-electron chi connectivity index (χ1n) is 4.64. The topological polar surface area (TPSA) is 50.1 Å². The first kappa shape index (κ1) is 14.3. The Morgan fingerprint density at radius 2 is 2.11 bits per heavy atom. The summed E-state index contributed by atoms with van der Waals surface area (Å²) in [6.07, 6.45) is -4.67. The molecule has 18 heavy (non-hydrogen) atoms. The van der Waals surface area contributed by atoms with Crippen molar-refractivity contribution < 1.29 is 22.7 Å². The fourth-order valence-electron chi connectivity index (χ4n) is 1.43. The molecule has 1 rings (SSSR count). The van der Waals surface area contributed by atoms with Crippen LogP contribution in [0.1, 0.15) is 21.5 Å². The number of carbonyl (C=O) groups is 1. The summed E-state index contributed by atoms with van der Waals surface area (Å²) in [4.78, 5) is 11.4. The first-order chi connectivity index (χ1) is 8.36. The van der Waals surface area contributed by atoms with Crippen molar-refractivity contribution in [2.45, 2.75) is 6.18 Å². The smallest absolute Gasteiger partial charge is 0.420 e. The molecule has 0 fully saturated rings. The van der Waals surface area contributed by atoms with E-state index in [2.05, 4.69) is 4.74 Å². The lowest BCUT2D eigenvalue weighted by molar-refractivity contribution is -0.138. The van der Waals surface area contributed by atoms with Crippen molar-refractivity contribution in [2.75, 3.05) is 13.0 Å². The van der Waals surface area contributed by atoms with Crippen LogP contribution >= 0.6 is 11.6 Å². The summed E-state index contributed by atoms with van der Waals surface area (Å²) in [5, 5.41) is 8.87. The van der Waals surface area contributed by atoms with E-state index in [0.29, 0.717) is 6.07 Å². The fourth-order valence-corrected chi connectivity index (χ4v) is 1.58. The Morgan fingerprint density at radius 3 is 2.50 bits per heavy atom. The molecule has 0 unspecified atom stereocenters. The van der Waals surface area contributed by atoms with Gasteiger partial charge >= 0.3 is 6.18 Å². The normalized spacial score (nSPS) is 10.9. The van der Waals surface area contributed by atoms with Crippen LogP contribution in [0.4, 0.5) is 13.2 Å². The lowest BCUT2D eigenvalue weighted by atomic mass is 10.00. The van der Waals surface area contributed by atoms with Crippen molar-refractivity contribution >= 4 is 17.4 Å². The molecular formula is C11H7ClF3NO2. The van der Waals surface area contributed by atoms with Gasteiger partial charge in [-0.05, 0) is 12.1 Å². The van der Waals surface area contributed by atoms with Crippen molar-refractivity contribution in [1.29, 1.82) is 5.26 Å². The molecule has 0 N–H and O–H groups in total. The molecule has 0 aliphatic heterocycles. The number of alkyl halides is 4. The number of nitrogens with zero attached hydrogens (tertiary/aromatic N) is 1. The number of ketones is 1. The molecular weight excluding hydrogens is 271 g/mol. The number of Topliss-reactive ketones (excluding diaryl/α,β-unsaturated/α-hetero) is 1. The second kappa shape index (κ2) is 5.27. The molecule has 0 saturated carbocycles. The number of nitriles is 1. The van der Waals surface area contributed by atoms with Crippen LogP contribution in [0, 0.1) is 11.3 Å². The van der Waals surface area contributed by atoms with Crippen LogP contribution in [0.15, 0.2) is 12.1 Å². The number of methoxy groups -OCH3 is 1. The Morgan fingerprint density at radius 1 is 1.50 bits per heavy atom. The van der Waals surface area contributed by atoms with Crippen LogP contribution in [0.5, 0.6) is 5.75 Å². The fraction of sp³-hybridized carbons (Fsp3) is 0.273. The zero-order chi connectivity index (χ0) is 13.9. The van der Waals surface area contributed by atoms with Crippen LogP contribution in [0.3, 0.4) is 0 Å². The Labute approximate surface area is 106 Å². The minimum Gasteiger partial charge on any atom is -0.495 e. The van der Waals surface area contributed by atoms with Crippen LogP contribution in [0.2, 0.25) is 0 Å². The minimum absolute atomic E-state index is 0.183. The molecule has 0 aliphatic rings. The van der Waals surface area contributed by atoms with Gasteiger partial charge in [0.05, 0.1) is 18.6 Å². The molecule has 7 heteroatoms. The first-order valence-corrected chi connectivity index (χ1v) is 5.17. The second-order valence-corrected chi connectivity index (χ2v) is 3.50. The summed E-state index contributed by atoms with van der Waals surface area (Å²) in [5.74, 6) is -1.73. The maximum absolute atomic E-state index is 12.7. The van der Waals surface area contributed by atoms with Gasteiger partial charge in [-0.1, -0.05) is 0 Å². The zero-order valence-corrected chi connectivity index (χ0v) is 9.89. The summed E-state index contributed by atoms with van der Waals surface area (Å²) in [5.41, 5.74) is -1.75. The molecule has 3 nitrogen and oxygen atoms in total. The van der Waals surface area contributed by atoms with Gasteiger partial charge in [0.25, 0.3) is 0 Å². The van der Waals surface area contributed by atoms with E-state index in [1.165, 1.54) is 6.07 Å². The highest BCUT2D eigenvalue weighted by atomic mass is 35.5. The predicted molar refractivity (Wildman–Crippen MR) is 57.8 cm³/mol. The predicted octanol–water partition coefficient (Wildman–Crippen LogP) is 3.01. The van der Waals surface area contributed by atoms with Crippen LogP contribution < -0.4 is 4.74 Å². The van der Waals surface area contributed by atoms with Crippen molar-refractivity contribution in [2.24, 2.45) is 0 Å². The third kappa shape index (κ3) is 2.57. The molecule has 0 atom stereocenters. The molecule has 0 aliphatic carbocycles. The number of carbonyl (C=O) groups excluding carboxylic acids is 1. The minimum atomic E-state index is -4.67. The monoisotopic (exact) mass is 277 g/mol. The quantitative estimate of drug-likeness (QED) is 0.630. The van der Waals surface area contributed by atoms with E-state index < -0.39 is 34.7 Å². The van der Waals surface area contributed by atoms with E-state index in [0.717, 1.165) is 13.2 Å². The third-order valence-corrected chi connectivity index (χ3v) is 2.44. The van der Waals surface area contributed by atoms with Gasteiger partial charge in [0.15, 0.2) is 5.78 Å². The summed E-state index contributed by atoms with van der Waals surface area (Å²) in [6, 6.07) is 3.16. The zero-order valence-electron chi connectivity index (χ0n) is 9.14. The van der Waals surface area contributed by atoms with Crippen LogP contribution in [0.25, 0.3) is 0 Å². The highest BCUT2D eigenvalue weighted by Crippen LogP contribution is 2.39. The second-order valence-electron chi connectivity index (χ2n) is 3.24. The van der Waals surface area contributed by atoms with E-state index in [1.807, 2.05) is 0 Å². The average molecular weight is 278 g/mol. The van der Waals surface area contributed by atoms with Crippen molar-refractivity contribution in [3.63, 3.8) is 0 Å². The van der Waals surface area contributed by atoms with Gasteiger partial charge in [0, 0.05) is 5.56 Å². The summed E-state index contributed by atoms with van der Waals surface area (Å²) in [6.45, 7) is 0. The van der Waals surface area contributed by atoms with Gasteiger partial charge < -0.3 is 4.74 Å². The van der Waals surface area contributed by atoms with Crippen molar-refractivity contribution in [3.8, 4) is 11.8 Å².